The van der Waals surface area contributed by atoms with Gasteiger partial charge in [-0.3, -0.25) is 9.59 Å². The lowest BCUT2D eigenvalue weighted by Crippen LogP contribution is -3.00. The van der Waals surface area contributed by atoms with Gasteiger partial charge in [-0.15, -0.1) is 11.3 Å². The predicted octanol–water partition coefficient (Wildman–Crippen LogP) is 2.08. The van der Waals surface area contributed by atoms with Gasteiger partial charge >= 0.3 is 5.97 Å². The molecule has 4 heterocycles. The van der Waals surface area contributed by atoms with Crippen LogP contribution in [0, 0.1) is 11.7 Å². The maximum absolute atomic E-state index is 13.6. The Hall–Kier alpha value is -1.91. The van der Waals surface area contributed by atoms with E-state index in [1.807, 2.05) is 0 Å². The molecule has 1 aromatic heterocycles. The number of rotatable bonds is 7. The van der Waals surface area contributed by atoms with Crippen LogP contribution in [-0.4, -0.2) is 59.5 Å². The van der Waals surface area contributed by atoms with Crippen LogP contribution in [-0.2, 0) is 16.0 Å². The Bertz CT molecular complexity index is 1130. The summed E-state index contributed by atoms with van der Waals surface area (Å²) in [6.07, 6.45) is 1.12. The Kier molecular flexibility index (Phi) is 7.88. The quantitative estimate of drug-likeness (QED) is 0.306. The van der Waals surface area contributed by atoms with E-state index in [0.717, 1.165) is 25.9 Å². The van der Waals surface area contributed by atoms with Gasteiger partial charge in [0.25, 0.3) is 0 Å². The molecule has 1 aliphatic carbocycles. The number of carbonyl (C=O) groups is 2. The number of thiophene rings is 1. The van der Waals surface area contributed by atoms with E-state index in [2.05, 4.69) is 0 Å². The molecule has 4 fully saturated rings. The third kappa shape index (κ3) is 5.65. The molecular weight excluding hydrogens is 559 g/mol. The molecule has 1 N–H and O–H groups in total. The topological polar surface area (TPSA) is 63.6 Å². The van der Waals surface area contributed by atoms with Gasteiger partial charge in [0.1, 0.15) is 24.7 Å². The second-order valence-corrected chi connectivity index (χ2v) is 11.3. The first-order valence-electron chi connectivity index (χ1n) is 12.1. The normalized spacial score (nSPS) is 28.5. The van der Waals surface area contributed by atoms with Crippen LogP contribution in [0.15, 0.2) is 29.6 Å². The number of Topliss-reactive ketones (excluding diaryl/α,β-unsaturated/α-hetero) is 1. The van der Waals surface area contributed by atoms with Gasteiger partial charge in [0.05, 0.1) is 24.4 Å². The first-order valence-corrected chi connectivity index (χ1v) is 13.0. The first kappa shape index (κ1) is 27.1. The molecule has 1 saturated carbocycles. The second-order valence-electron chi connectivity index (χ2n) is 10.4. The molecule has 5 nitrogen and oxygen atoms in total. The van der Waals surface area contributed by atoms with E-state index in [-0.39, 0.29) is 66.3 Å². The van der Waals surface area contributed by atoms with Gasteiger partial charge in [-0.25, -0.2) is 13.2 Å². The van der Waals surface area contributed by atoms with Crippen LogP contribution in [0.4, 0.5) is 13.2 Å². The fourth-order valence-electron chi connectivity index (χ4n) is 6.01. The van der Waals surface area contributed by atoms with E-state index in [9.17, 15) is 27.9 Å². The molecule has 0 amide bonds. The lowest BCUT2D eigenvalue weighted by atomic mass is 9.82. The van der Waals surface area contributed by atoms with Crippen LogP contribution in [0.25, 0.3) is 0 Å². The molecule has 1 aromatic carbocycles. The Labute approximate surface area is 222 Å². The van der Waals surface area contributed by atoms with Gasteiger partial charge in [0.2, 0.25) is 11.7 Å². The van der Waals surface area contributed by atoms with Crippen LogP contribution in [0.1, 0.15) is 58.8 Å². The van der Waals surface area contributed by atoms with Gasteiger partial charge in [-0.05, 0) is 29.9 Å². The summed E-state index contributed by atoms with van der Waals surface area (Å²) < 4.78 is 47.1. The van der Waals surface area contributed by atoms with E-state index in [1.165, 1.54) is 29.5 Å². The van der Waals surface area contributed by atoms with Crippen molar-refractivity contribution in [2.45, 2.75) is 56.5 Å². The van der Waals surface area contributed by atoms with Crippen LogP contribution >= 0.6 is 11.3 Å². The number of quaternary nitrogens is 1. The summed E-state index contributed by atoms with van der Waals surface area (Å²) >= 11 is 1.20. The Balaban J connectivity index is 0.00000304. The average molecular weight is 588 g/mol. The van der Waals surface area contributed by atoms with E-state index in [1.54, 1.807) is 11.4 Å². The molecular formula is C26H29BrF3NO4S. The number of hydrogen-bond acceptors (Lipinski definition) is 5. The predicted molar refractivity (Wildman–Crippen MR) is 124 cm³/mol. The van der Waals surface area contributed by atoms with Crippen molar-refractivity contribution in [3.8, 4) is 5.75 Å². The molecule has 2 aromatic rings. The summed E-state index contributed by atoms with van der Waals surface area (Å²) in [4.78, 5) is 26.0. The Morgan fingerprint density at radius 2 is 1.94 bits per heavy atom. The minimum atomic E-state index is -2.71. The molecule has 2 atom stereocenters. The van der Waals surface area contributed by atoms with E-state index in [0.29, 0.717) is 33.5 Å². The maximum Gasteiger partial charge on any atom is 0.311 e. The second kappa shape index (κ2) is 10.5. The third-order valence-electron chi connectivity index (χ3n) is 7.96. The molecule has 0 radical (unpaired) electrons. The van der Waals surface area contributed by atoms with E-state index in [4.69, 9.17) is 4.74 Å². The number of halogens is 4. The number of benzene rings is 1. The Morgan fingerprint density at radius 1 is 1.19 bits per heavy atom. The van der Waals surface area contributed by atoms with Crippen molar-refractivity contribution in [2.24, 2.45) is 5.92 Å². The molecule has 0 spiro atoms. The van der Waals surface area contributed by atoms with Crippen molar-refractivity contribution in [3.63, 3.8) is 0 Å². The molecule has 6 rings (SSSR count). The number of alkyl halides is 2. The van der Waals surface area contributed by atoms with Crippen LogP contribution < -0.4 is 17.0 Å². The number of aromatic hydroxyl groups is 1. The van der Waals surface area contributed by atoms with Gasteiger partial charge in [0, 0.05) is 42.7 Å². The summed E-state index contributed by atoms with van der Waals surface area (Å²) in [5.41, 5.74) is 0.848. The number of esters is 1. The summed E-state index contributed by atoms with van der Waals surface area (Å²) in [6, 6.07) is 5.71. The summed E-state index contributed by atoms with van der Waals surface area (Å²) in [6.45, 7) is 2.42. The maximum atomic E-state index is 13.6. The van der Waals surface area contributed by atoms with Crippen LogP contribution in [0.3, 0.4) is 0 Å². The van der Waals surface area contributed by atoms with E-state index < -0.39 is 23.6 Å². The lowest BCUT2D eigenvalue weighted by molar-refractivity contribution is -0.938. The van der Waals surface area contributed by atoms with Crippen molar-refractivity contribution < 1.29 is 54.1 Å². The molecule has 36 heavy (non-hydrogen) atoms. The number of carbonyl (C=O) groups excluding carboxylic acids is 2. The molecule has 10 heteroatoms. The highest BCUT2D eigenvalue weighted by molar-refractivity contribution is 7.10. The monoisotopic (exact) mass is 587 g/mol. The number of fused-ring (bicyclic) bond motifs is 3. The number of piperidine rings is 3. The summed E-state index contributed by atoms with van der Waals surface area (Å²) in [5.74, 6) is -3.95. The number of ether oxygens (including phenoxy) is 1. The minimum absolute atomic E-state index is 0. The van der Waals surface area contributed by atoms with Crippen LogP contribution in [0.2, 0.25) is 0 Å². The smallest absolute Gasteiger partial charge is 0.311 e. The fraction of sp³-hybridized carbons (Fsp3) is 0.538. The standard InChI is InChI=1S/C26H28F3NO4S.BrH/c27-19-3-1-2-17(10-19)21(31)13-30-8-5-16(6-9-30)22(14-30)34-24(32)11-23-25(33)20(15-35-23)18-4-7-26(28,29)12-18;/h1-3,10,15-16,18,22H,4-9,11-14H2;1H/t16?,18?,22-,30?;/m0./s1. The summed E-state index contributed by atoms with van der Waals surface area (Å²) in [7, 11) is 0. The van der Waals surface area contributed by atoms with Crippen molar-refractivity contribution >= 4 is 23.1 Å². The summed E-state index contributed by atoms with van der Waals surface area (Å²) in [5, 5.41) is 12.3. The van der Waals surface area contributed by atoms with Gasteiger partial charge in [-0.2, -0.15) is 0 Å². The zero-order valence-electron chi connectivity index (χ0n) is 19.7. The molecule has 196 valence electrons. The molecule has 1 unspecified atom stereocenters. The van der Waals surface area contributed by atoms with Gasteiger partial charge < -0.3 is 31.3 Å². The van der Waals surface area contributed by atoms with E-state index >= 15 is 0 Å². The Morgan fingerprint density at radius 3 is 2.61 bits per heavy atom. The highest BCUT2D eigenvalue weighted by atomic mass is 79.9. The van der Waals surface area contributed by atoms with Crippen molar-refractivity contribution in [1.82, 2.24) is 0 Å². The lowest BCUT2D eigenvalue weighted by Gasteiger charge is -2.51. The highest BCUT2D eigenvalue weighted by Gasteiger charge is 2.48. The average Bonchev–Trinajstić information content (AvgIpc) is 3.35. The number of ketones is 1. The number of hydrogen-bond donors (Lipinski definition) is 1. The fourth-order valence-corrected chi connectivity index (χ4v) is 7.02. The minimum Gasteiger partial charge on any atom is -1.00 e. The van der Waals surface area contributed by atoms with Crippen LogP contribution in [0.5, 0.6) is 5.75 Å². The molecule has 3 saturated heterocycles. The van der Waals surface area contributed by atoms with Crippen molar-refractivity contribution in [2.75, 3.05) is 26.2 Å². The zero-order valence-corrected chi connectivity index (χ0v) is 22.1. The molecule has 3 aliphatic heterocycles. The third-order valence-corrected chi connectivity index (χ3v) is 8.96. The van der Waals surface area contributed by atoms with Gasteiger partial charge in [0.15, 0.2) is 6.10 Å². The largest absolute Gasteiger partial charge is 1.00 e. The van der Waals surface area contributed by atoms with Crippen molar-refractivity contribution in [1.29, 1.82) is 0 Å². The molecule has 4 aliphatic rings. The highest BCUT2D eigenvalue weighted by Crippen LogP contribution is 2.48. The number of nitrogens with zero attached hydrogens (tertiary/aromatic N) is 1. The zero-order chi connectivity index (χ0) is 24.8. The van der Waals surface area contributed by atoms with Gasteiger partial charge in [-0.1, -0.05) is 12.1 Å². The SMILES string of the molecule is O=C(Cc1scc(C2CCC(F)(F)C2)c1O)O[C@H]1C[N+]2(CC(=O)c3cccc(F)c3)CCC1CC2.[Br-]. The molecule has 2 bridgehead atoms. The van der Waals surface area contributed by atoms with Crippen molar-refractivity contribution in [3.05, 3.63) is 51.5 Å². The first-order chi connectivity index (χ1) is 16.6.